The molecule has 0 N–H and O–H groups in total. The third-order valence-electron chi connectivity index (χ3n) is 13.5. The van der Waals surface area contributed by atoms with Gasteiger partial charge in [-0.05, 0) is 93.9 Å². The van der Waals surface area contributed by atoms with Crippen LogP contribution >= 0.6 is 11.3 Å². The largest absolute Gasteiger partial charge is 0.456 e. The molecule has 0 radical (unpaired) electrons. The number of para-hydroxylation sites is 1. The fourth-order valence-electron chi connectivity index (χ4n) is 10.5. The minimum absolute atomic E-state index is 0.139. The second kappa shape index (κ2) is 12.9. The Kier molecular flexibility index (Phi) is 7.56. The van der Waals surface area contributed by atoms with E-state index in [0.717, 1.165) is 22.5 Å². The first-order chi connectivity index (χ1) is 28.5. The van der Waals surface area contributed by atoms with Crippen LogP contribution in [0.25, 0.3) is 75.1 Å². The summed E-state index contributed by atoms with van der Waals surface area (Å²) >= 11 is 1.88. The number of furan rings is 1. The van der Waals surface area contributed by atoms with Gasteiger partial charge in [-0.15, -0.1) is 11.3 Å². The van der Waals surface area contributed by atoms with E-state index in [0.29, 0.717) is 5.92 Å². The number of hydrogen-bond donors (Lipinski definition) is 0. The predicted octanol–water partition coefficient (Wildman–Crippen LogP) is 16.6. The van der Waals surface area contributed by atoms with Gasteiger partial charge in [0.05, 0.1) is 5.69 Å². The fourth-order valence-corrected chi connectivity index (χ4v) is 11.7. The molecule has 0 amide bonds. The molecule has 0 saturated heterocycles. The monoisotopic (exact) mass is 765 g/mol. The normalized spacial score (nSPS) is 15.1. The predicted molar refractivity (Wildman–Crippen MR) is 248 cm³/mol. The molecular formula is C55H43NOS. The zero-order valence-electron chi connectivity index (χ0n) is 32.9. The van der Waals surface area contributed by atoms with Gasteiger partial charge in [-0.2, -0.15) is 0 Å². The summed E-state index contributed by atoms with van der Waals surface area (Å²) in [6.07, 6.45) is 6.42. The molecule has 0 bridgehead atoms. The minimum Gasteiger partial charge on any atom is -0.456 e. The van der Waals surface area contributed by atoms with Crippen molar-refractivity contribution in [2.24, 2.45) is 0 Å². The Morgan fingerprint density at radius 1 is 0.534 bits per heavy atom. The van der Waals surface area contributed by atoms with Crippen molar-refractivity contribution in [1.82, 2.24) is 0 Å². The number of hydrogen-bond acceptors (Lipinski definition) is 3. The zero-order chi connectivity index (χ0) is 38.5. The molecule has 3 heteroatoms. The van der Waals surface area contributed by atoms with Crippen LogP contribution in [0.2, 0.25) is 0 Å². The zero-order valence-corrected chi connectivity index (χ0v) is 33.7. The highest BCUT2D eigenvalue weighted by molar-refractivity contribution is 7.25. The number of nitrogens with zero attached hydrogens (tertiary/aromatic N) is 1. The molecule has 1 fully saturated rings. The SMILES string of the molecule is CC1(C)c2ccccc2-c2ccc(N(c3ccc4c(c3)oc3c(C5CCCCC5)cccc34)c3c(-c4ccc5c(c4)sc4ccccc45)ccc4ccccc34)cc21. The maximum absolute atomic E-state index is 7.00. The van der Waals surface area contributed by atoms with Crippen molar-refractivity contribution in [3.63, 3.8) is 0 Å². The number of rotatable bonds is 5. The Balaban J connectivity index is 1.12. The Hall–Kier alpha value is -6.16. The first kappa shape index (κ1) is 33.9. The molecule has 2 heterocycles. The highest BCUT2D eigenvalue weighted by Gasteiger charge is 2.36. The van der Waals surface area contributed by atoms with Crippen LogP contribution in [0.4, 0.5) is 17.1 Å². The Bertz CT molecular complexity index is 3260. The summed E-state index contributed by atoms with van der Waals surface area (Å²) in [5.41, 5.74) is 14.4. The van der Waals surface area contributed by atoms with E-state index in [4.69, 9.17) is 4.42 Å². The third kappa shape index (κ3) is 5.09. The van der Waals surface area contributed by atoms with Crippen molar-refractivity contribution >= 4 is 81.3 Å². The van der Waals surface area contributed by atoms with E-state index in [-0.39, 0.29) is 5.41 Å². The lowest BCUT2D eigenvalue weighted by atomic mass is 9.82. The Morgan fingerprint density at radius 3 is 2.16 bits per heavy atom. The van der Waals surface area contributed by atoms with Crippen LogP contribution in [0, 0.1) is 0 Å². The summed E-state index contributed by atoms with van der Waals surface area (Å²) in [7, 11) is 0. The molecule has 0 aliphatic heterocycles. The molecule has 0 spiro atoms. The van der Waals surface area contributed by atoms with E-state index >= 15 is 0 Å². The second-order valence-electron chi connectivity index (χ2n) is 17.1. The molecule has 2 aliphatic carbocycles. The van der Waals surface area contributed by atoms with Crippen molar-refractivity contribution in [3.05, 3.63) is 174 Å². The van der Waals surface area contributed by atoms with Crippen molar-refractivity contribution in [2.45, 2.75) is 57.3 Å². The van der Waals surface area contributed by atoms with Gasteiger partial charge in [0.25, 0.3) is 0 Å². The van der Waals surface area contributed by atoms with Crippen molar-refractivity contribution in [3.8, 4) is 22.3 Å². The second-order valence-corrected chi connectivity index (χ2v) is 18.2. The van der Waals surface area contributed by atoms with Crippen LogP contribution in [0.1, 0.15) is 68.6 Å². The highest BCUT2D eigenvalue weighted by Crippen LogP contribution is 2.53. The van der Waals surface area contributed by atoms with Gasteiger partial charge in [0.2, 0.25) is 0 Å². The highest BCUT2D eigenvalue weighted by atomic mass is 32.1. The van der Waals surface area contributed by atoms with Gasteiger partial charge < -0.3 is 9.32 Å². The van der Waals surface area contributed by atoms with Crippen LogP contribution in [-0.4, -0.2) is 0 Å². The fraction of sp³-hybridized carbons (Fsp3) is 0.164. The summed E-state index contributed by atoms with van der Waals surface area (Å²) in [6.45, 7) is 4.75. The molecule has 58 heavy (non-hydrogen) atoms. The van der Waals surface area contributed by atoms with E-state index < -0.39 is 0 Å². The lowest BCUT2D eigenvalue weighted by molar-refractivity contribution is 0.442. The van der Waals surface area contributed by atoms with E-state index in [1.54, 1.807) is 0 Å². The van der Waals surface area contributed by atoms with E-state index in [9.17, 15) is 0 Å². The molecular weight excluding hydrogens is 723 g/mol. The minimum atomic E-state index is -0.139. The average Bonchev–Trinajstić information content (AvgIpc) is 3.91. The average molecular weight is 766 g/mol. The lowest BCUT2D eigenvalue weighted by Gasteiger charge is -2.31. The topological polar surface area (TPSA) is 16.4 Å². The molecule has 10 aromatic rings. The van der Waals surface area contributed by atoms with Gasteiger partial charge in [-0.25, -0.2) is 0 Å². The maximum atomic E-state index is 7.00. The van der Waals surface area contributed by atoms with Crippen molar-refractivity contribution < 1.29 is 4.42 Å². The molecule has 2 aromatic heterocycles. The van der Waals surface area contributed by atoms with Crippen molar-refractivity contribution in [1.29, 1.82) is 0 Å². The van der Waals surface area contributed by atoms with Gasteiger partial charge in [0.1, 0.15) is 11.2 Å². The van der Waals surface area contributed by atoms with Gasteiger partial charge >= 0.3 is 0 Å². The lowest BCUT2D eigenvalue weighted by Crippen LogP contribution is -2.17. The number of thiophene rings is 1. The van der Waals surface area contributed by atoms with E-state index in [2.05, 4.69) is 176 Å². The van der Waals surface area contributed by atoms with Gasteiger partial charge in [-0.1, -0.05) is 148 Å². The molecule has 280 valence electrons. The molecule has 0 unspecified atom stereocenters. The summed E-state index contributed by atoms with van der Waals surface area (Å²) in [6, 6.07) is 59.1. The number of benzene rings is 8. The van der Waals surface area contributed by atoms with Gasteiger partial charge in [0, 0.05) is 64.8 Å². The maximum Gasteiger partial charge on any atom is 0.138 e. The first-order valence-electron chi connectivity index (χ1n) is 20.9. The Labute approximate surface area is 343 Å². The number of fused-ring (bicyclic) bond motifs is 10. The molecule has 1 saturated carbocycles. The third-order valence-corrected chi connectivity index (χ3v) is 14.6. The van der Waals surface area contributed by atoms with Crippen LogP contribution in [0.15, 0.2) is 162 Å². The standard InChI is InChI=1S/C55H43NOS/c1-55(2)48-21-10-8-17-42(48)43-29-25-37(32-49(43)55)56(38-26-30-44-47-20-12-19-41(34-13-4-3-5-14-34)54(47)57-50(44)33-38)53-39-16-7-6-15-35(39)23-27-40(53)36-24-28-46-45-18-9-11-22-51(45)58-52(46)31-36/h6-12,15-34H,3-5,13-14H2,1-2H3. The first-order valence-corrected chi connectivity index (χ1v) is 21.8. The van der Waals surface area contributed by atoms with Crippen LogP contribution in [0.3, 0.4) is 0 Å². The smallest absolute Gasteiger partial charge is 0.138 e. The van der Waals surface area contributed by atoms with Crippen LogP contribution in [-0.2, 0) is 5.41 Å². The Morgan fingerprint density at radius 2 is 1.24 bits per heavy atom. The van der Waals surface area contributed by atoms with Gasteiger partial charge in [-0.3, -0.25) is 0 Å². The molecule has 2 nitrogen and oxygen atoms in total. The summed E-state index contributed by atoms with van der Waals surface area (Å²) in [5.74, 6) is 0.560. The molecule has 12 rings (SSSR count). The summed E-state index contributed by atoms with van der Waals surface area (Å²) in [4.78, 5) is 2.51. The molecule has 2 aliphatic rings. The molecule has 8 aromatic carbocycles. The van der Waals surface area contributed by atoms with Crippen molar-refractivity contribution in [2.75, 3.05) is 4.90 Å². The number of anilines is 3. The van der Waals surface area contributed by atoms with Crippen LogP contribution in [0.5, 0.6) is 0 Å². The van der Waals surface area contributed by atoms with E-state index in [1.807, 2.05) is 11.3 Å². The van der Waals surface area contributed by atoms with E-state index in [1.165, 1.54) is 118 Å². The molecule has 0 atom stereocenters. The quantitative estimate of drug-likeness (QED) is 0.173. The summed E-state index contributed by atoms with van der Waals surface area (Å²) in [5, 5.41) is 7.45. The van der Waals surface area contributed by atoms with Crippen LogP contribution < -0.4 is 4.90 Å². The van der Waals surface area contributed by atoms with Gasteiger partial charge in [0.15, 0.2) is 0 Å². The summed E-state index contributed by atoms with van der Waals surface area (Å²) < 4.78 is 9.63.